The zero-order valence-electron chi connectivity index (χ0n) is 12.9. The second-order valence-corrected chi connectivity index (χ2v) is 6.43. The van der Waals surface area contributed by atoms with Crippen molar-refractivity contribution in [2.75, 3.05) is 13.7 Å². The lowest BCUT2D eigenvalue weighted by Gasteiger charge is -2.12. The summed E-state index contributed by atoms with van der Waals surface area (Å²) in [7, 11) is 1.61. The Kier molecular flexibility index (Phi) is 4.82. The number of nitrogens with one attached hydrogen (secondary N) is 1. The molecule has 1 saturated carbocycles. The molecule has 1 aromatic heterocycles. The Labute approximate surface area is 147 Å². The zero-order valence-corrected chi connectivity index (χ0v) is 15.3. The Morgan fingerprint density at radius 1 is 1.52 bits per heavy atom. The first-order valence-corrected chi connectivity index (χ1v) is 8.56. The number of aromatic amines is 1. The molecule has 1 aromatic carbocycles. The minimum atomic E-state index is 0.460. The van der Waals surface area contributed by atoms with Crippen LogP contribution in [0.15, 0.2) is 21.7 Å². The summed E-state index contributed by atoms with van der Waals surface area (Å²) in [5, 5.41) is 11.5. The topological polar surface area (TPSA) is 64.4 Å². The number of aromatic nitrogens is 3. The summed E-state index contributed by atoms with van der Waals surface area (Å²) in [6.07, 6.45) is 4.01. The summed E-state index contributed by atoms with van der Waals surface area (Å²) in [5.41, 5.74) is 0.877. The molecule has 2 aromatic rings. The fraction of sp³-hybridized carbons (Fsp3) is 0.400. The summed E-state index contributed by atoms with van der Waals surface area (Å²) in [4.78, 5) is 0. The molecule has 0 amide bonds. The van der Waals surface area contributed by atoms with Gasteiger partial charge in [0.05, 0.1) is 24.4 Å². The Bertz CT molecular complexity index is 795. The number of methoxy groups -OCH3 is 1. The van der Waals surface area contributed by atoms with E-state index in [0.717, 1.165) is 28.7 Å². The molecule has 1 aliphatic rings. The Balaban J connectivity index is 1.92. The molecule has 1 heterocycles. The molecule has 0 aliphatic heterocycles. The molecule has 0 radical (unpaired) electrons. The molecule has 0 bridgehead atoms. The van der Waals surface area contributed by atoms with Crippen molar-refractivity contribution in [3.63, 3.8) is 0 Å². The van der Waals surface area contributed by atoms with E-state index in [-0.39, 0.29) is 0 Å². The van der Waals surface area contributed by atoms with Gasteiger partial charge in [-0.1, -0.05) is 0 Å². The third kappa shape index (κ3) is 3.48. The van der Waals surface area contributed by atoms with E-state index in [0.29, 0.717) is 28.8 Å². The van der Waals surface area contributed by atoms with Crippen LogP contribution in [0, 0.1) is 4.77 Å². The van der Waals surface area contributed by atoms with Gasteiger partial charge < -0.3 is 9.47 Å². The van der Waals surface area contributed by atoms with Crippen LogP contribution in [0.3, 0.4) is 0 Å². The normalized spacial score (nSPS) is 14.4. The average molecular weight is 397 g/mol. The molecular weight excluding hydrogens is 380 g/mol. The molecule has 1 fully saturated rings. The van der Waals surface area contributed by atoms with Gasteiger partial charge in [0.1, 0.15) is 0 Å². The van der Waals surface area contributed by atoms with E-state index in [9.17, 15) is 0 Å². The summed E-state index contributed by atoms with van der Waals surface area (Å²) >= 11 is 8.75. The highest BCUT2D eigenvalue weighted by atomic mass is 79.9. The van der Waals surface area contributed by atoms with Crippen LogP contribution in [0.1, 0.15) is 37.1 Å². The molecule has 3 rings (SSSR count). The molecular formula is C15H17BrN4O2S. The fourth-order valence-electron chi connectivity index (χ4n) is 2.24. The van der Waals surface area contributed by atoms with E-state index in [1.807, 2.05) is 19.1 Å². The molecule has 1 aliphatic carbocycles. The number of nitrogens with zero attached hydrogens (tertiary/aromatic N) is 3. The number of hydrogen-bond donors (Lipinski definition) is 1. The van der Waals surface area contributed by atoms with E-state index in [4.69, 9.17) is 21.7 Å². The van der Waals surface area contributed by atoms with Gasteiger partial charge in [-0.25, -0.2) is 0 Å². The van der Waals surface area contributed by atoms with Crippen LogP contribution >= 0.6 is 28.1 Å². The first kappa shape index (κ1) is 16.2. The highest BCUT2D eigenvalue weighted by molar-refractivity contribution is 9.10. The SMILES string of the molecule is CCOc1c(Br)cc(/C=N\n2c(C3CC3)n[nH]c2=S)cc1OC. The highest BCUT2D eigenvalue weighted by Gasteiger charge is 2.29. The molecule has 0 unspecified atom stereocenters. The van der Waals surface area contributed by atoms with Gasteiger partial charge in [-0.05, 0) is 65.6 Å². The standard InChI is InChI=1S/C15H17BrN4O2S/c1-3-22-13-11(16)6-9(7-12(13)21-2)8-17-20-14(10-4-5-10)18-19-15(20)23/h6-8,10H,3-5H2,1-2H3,(H,19,23)/b17-8-. The van der Waals surface area contributed by atoms with E-state index >= 15 is 0 Å². The van der Waals surface area contributed by atoms with Gasteiger partial charge in [0.2, 0.25) is 4.77 Å². The molecule has 122 valence electrons. The summed E-state index contributed by atoms with van der Waals surface area (Å²) < 4.78 is 14.0. The van der Waals surface area contributed by atoms with Crippen LogP contribution in [0.5, 0.6) is 11.5 Å². The summed E-state index contributed by atoms with van der Waals surface area (Å²) in [6, 6.07) is 3.80. The maximum atomic E-state index is 5.59. The first-order chi connectivity index (χ1) is 11.1. The molecule has 0 spiro atoms. The van der Waals surface area contributed by atoms with Gasteiger partial charge in [0, 0.05) is 5.92 Å². The maximum absolute atomic E-state index is 5.59. The zero-order chi connectivity index (χ0) is 16.4. The van der Waals surface area contributed by atoms with Crippen molar-refractivity contribution in [3.05, 3.63) is 32.8 Å². The summed E-state index contributed by atoms with van der Waals surface area (Å²) in [6.45, 7) is 2.50. The van der Waals surface area contributed by atoms with Gasteiger partial charge >= 0.3 is 0 Å². The van der Waals surface area contributed by atoms with E-state index in [1.54, 1.807) is 18.0 Å². The quantitative estimate of drug-likeness (QED) is 0.594. The molecule has 8 heteroatoms. The van der Waals surface area contributed by atoms with Crippen molar-refractivity contribution in [3.8, 4) is 11.5 Å². The van der Waals surface area contributed by atoms with Crippen molar-refractivity contribution in [1.29, 1.82) is 0 Å². The van der Waals surface area contributed by atoms with Crippen LogP contribution in [-0.4, -0.2) is 34.8 Å². The predicted molar refractivity (Wildman–Crippen MR) is 94.2 cm³/mol. The van der Waals surface area contributed by atoms with Gasteiger partial charge in [-0.3, -0.25) is 5.10 Å². The fourth-order valence-corrected chi connectivity index (χ4v) is 3.00. The number of benzene rings is 1. The van der Waals surface area contributed by atoms with Crippen LogP contribution in [0.4, 0.5) is 0 Å². The highest BCUT2D eigenvalue weighted by Crippen LogP contribution is 2.39. The van der Waals surface area contributed by atoms with Crippen molar-refractivity contribution in [2.45, 2.75) is 25.7 Å². The van der Waals surface area contributed by atoms with Gasteiger partial charge in [-0.15, -0.1) is 0 Å². The Morgan fingerprint density at radius 3 is 2.96 bits per heavy atom. The molecule has 23 heavy (non-hydrogen) atoms. The Morgan fingerprint density at radius 2 is 2.30 bits per heavy atom. The van der Waals surface area contributed by atoms with E-state index in [2.05, 4.69) is 31.2 Å². The number of hydrogen-bond acceptors (Lipinski definition) is 5. The number of ether oxygens (including phenoxy) is 2. The van der Waals surface area contributed by atoms with Crippen molar-refractivity contribution in [2.24, 2.45) is 5.10 Å². The van der Waals surface area contributed by atoms with E-state index < -0.39 is 0 Å². The average Bonchev–Trinajstić information content (AvgIpc) is 3.31. The minimum Gasteiger partial charge on any atom is -0.493 e. The maximum Gasteiger partial charge on any atom is 0.216 e. The lowest BCUT2D eigenvalue weighted by Crippen LogP contribution is -1.99. The number of rotatable bonds is 6. The largest absolute Gasteiger partial charge is 0.493 e. The van der Waals surface area contributed by atoms with Crippen molar-refractivity contribution in [1.82, 2.24) is 14.9 Å². The minimum absolute atomic E-state index is 0.460. The first-order valence-electron chi connectivity index (χ1n) is 7.36. The monoisotopic (exact) mass is 396 g/mol. The molecule has 1 N–H and O–H groups in total. The third-order valence-electron chi connectivity index (χ3n) is 3.48. The van der Waals surface area contributed by atoms with Crippen LogP contribution in [-0.2, 0) is 0 Å². The van der Waals surface area contributed by atoms with Gasteiger partial charge in [0.15, 0.2) is 17.3 Å². The molecule has 6 nitrogen and oxygen atoms in total. The van der Waals surface area contributed by atoms with Gasteiger partial charge in [0.25, 0.3) is 0 Å². The lowest BCUT2D eigenvalue weighted by molar-refractivity contribution is 0.309. The van der Waals surface area contributed by atoms with Crippen molar-refractivity contribution < 1.29 is 9.47 Å². The van der Waals surface area contributed by atoms with Gasteiger partial charge in [-0.2, -0.15) is 14.9 Å². The van der Waals surface area contributed by atoms with Crippen molar-refractivity contribution >= 4 is 34.4 Å². The predicted octanol–water partition coefficient (Wildman–Crippen LogP) is 3.87. The Hall–Kier alpha value is -1.67. The number of H-pyrrole nitrogens is 1. The summed E-state index contributed by atoms with van der Waals surface area (Å²) in [5.74, 6) is 2.69. The second kappa shape index (κ2) is 6.84. The lowest BCUT2D eigenvalue weighted by atomic mass is 10.2. The van der Waals surface area contributed by atoms with E-state index in [1.165, 1.54) is 0 Å². The number of halogens is 1. The molecule has 0 atom stereocenters. The molecule has 0 saturated heterocycles. The van der Waals surface area contributed by atoms with Crippen LogP contribution < -0.4 is 9.47 Å². The smallest absolute Gasteiger partial charge is 0.216 e. The van der Waals surface area contributed by atoms with Crippen LogP contribution in [0.25, 0.3) is 0 Å². The second-order valence-electron chi connectivity index (χ2n) is 5.18. The van der Waals surface area contributed by atoms with Crippen LogP contribution in [0.2, 0.25) is 0 Å². The third-order valence-corrected chi connectivity index (χ3v) is 4.33.